The highest BCUT2D eigenvalue weighted by molar-refractivity contribution is 6.42. The Bertz CT molecular complexity index is 1400. The second kappa shape index (κ2) is 7.29. The molecule has 0 bridgehead atoms. The topological polar surface area (TPSA) is 104 Å². The Morgan fingerprint density at radius 2 is 1.80 bits per heavy atom. The molecule has 0 atom stereocenters. The summed E-state index contributed by atoms with van der Waals surface area (Å²) in [4.78, 5) is 31.3. The normalized spacial score (nSPS) is 11.4. The Morgan fingerprint density at radius 1 is 1.07 bits per heavy atom. The fourth-order valence-corrected chi connectivity index (χ4v) is 3.42. The quantitative estimate of drug-likeness (QED) is 0.468. The van der Waals surface area contributed by atoms with E-state index in [0.29, 0.717) is 21.6 Å². The third-order valence-corrected chi connectivity index (χ3v) is 5.39. The largest absolute Gasteiger partial charge is 0.419 e. The smallest absolute Gasteiger partial charge is 0.332 e. The molecule has 0 amide bonds. The van der Waals surface area contributed by atoms with Crippen LogP contribution in [0.4, 0.5) is 5.95 Å². The molecule has 0 saturated carbocycles. The Kier molecular flexibility index (Phi) is 4.91. The van der Waals surface area contributed by atoms with Crippen molar-refractivity contribution in [2.24, 2.45) is 14.1 Å². The van der Waals surface area contributed by atoms with Gasteiger partial charge in [-0.15, -0.1) is 10.2 Å². The van der Waals surface area contributed by atoms with Gasteiger partial charge in [-0.2, -0.15) is 4.98 Å². The monoisotopic (exact) mass is 449 g/mol. The van der Waals surface area contributed by atoms with Crippen molar-refractivity contribution in [1.29, 1.82) is 0 Å². The molecular formula is C18H17Cl2N7O3. The van der Waals surface area contributed by atoms with Crippen LogP contribution in [0.15, 0.2) is 32.2 Å². The predicted molar refractivity (Wildman–Crippen MR) is 113 cm³/mol. The van der Waals surface area contributed by atoms with Crippen LogP contribution >= 0.6 is 23.2 Å². The fourth-order valence-electron chi connectivity index (χ4n) is 3.12. The fraction of sp³-hybridized carbons (Fsp3) is 0.278. The van der Waals surface area contributed by atoms with E-state index < -0.39 is 11.2 Å². The molecule has 10 nitrogen and oxygen atoms in total. The highest BCUT2D eigenvalue weighted by atomic mass is 35.5. The molecule has 0 radical (unpaired) electrons. The predicted octanol–water partition coefficient (Wildman–Crippen LogP) is 1.90. The number of aromatic nitrogens is 6. The number of anilines is 1. The summed E-state index contributed by atoms with van der Waals surface area (Å²) in [6.45, 7) is 0.0891. The molecule has 4 rings (SSSR count). The third kappa shape index (κ3) is 3.17. The van der Waals surface area contributed by atoms with E-state index in [1.807, 2.05) is 0 Å². The lowest BCUT2D eigenvalue weighted by molar-refractivity contribution is 0.491. The maximum absolute atomic E-state index is 12.8. The Hall–Kier alpha value is -3.11. The average molecular weight is 450 g/mol. The number of halogens is 2. The van der Waals surface area contributed by atoms with Gasteiger partial charge in [-0.25, -0.2) is 4.79 Å². The van der Waals surface area contributed by atoms with Gasteiger partial charge in [0, 0.05) is 33.8 Å². The lowest BCUT2D eigenvalue weighted by Gasteiger charge is -2.13. The first kappa shape index (κ1) is 20.2. The van der Waals surface area contributed by atoms with E-state index in [1.54, 1.807) is 48.8 Å². The van der Waals surface area contributed by atoms with Gasteiger partial charge in [-0.3, -0.25) is 18.5 Å². The standard InChI is InChI=1S/C18H17Cl2N7O3/c1-24(2)17-21-14-13(16(28)26(4)18(29)25(14)3)27(17)8-12-22-23-15(30-12)9-5-6-10(19)11(20)7-9/h5-7H,8H2,1-4H3. The van der Waals surface area contributed by atoms with Crippen molar-refractivity contribution in [3.05, 3.63) is 55.0 Å². The number of imidazole rings is 1. The molecule has 0 saturated heterocycles. The van der Waals surface area contributed by atoms with E-state index in [0.717, 1.165) is 4.57 Å². The van der Waals surface area contributed by atoms with Crippen LogP contribution in [0.1, 0.15) is 5.89 Å². The summed E-state index contributed by atoms with van der Waals surface area (Å²) < 4.78 is 9.78. The number of nitrogens with zero attached hydrogens (tertiary/aromatic N) is 7. The van der Waals surface area contributed by atoms with Gasteiger partial charge in [0.2, 0.25) is 17.7 Å². The summed E-state index contributed by atoms with van der Waals surface area (Å²) in [6, 6.07) is 4.99. The van der Waals surface area contributed by atoms with Gasteiger partial charge in [0.05, 0.1) is 10.0 Å². The molecule has 3 aromatic heterocycles. The van der Waals surface area contributed by atoms with E-state index in [9.17, 15) is 9.59 Å². The maximum Gasteiger partial charge on any atom is 0.332 e. The van der Waals surface area contributed by atoms with Gasteiger partial charge in [0.15, 0.2) is 11.2 Å². The molecule has 0 N–H and O–H groups in total. The molecule has 0 aliphatic rings. The summed E-state index contributed by atoms with van der Waals surface area (Å²) in [5, 5.41) is 8.93. The summed E-state index contributed by atoms with van der Waals surface area (Å²) in [5.74, 6) is 0.992. The minimum Gasteiger partial charge on any atom is -0.419 e. The second-order valence-electron chi connectivity index (χ2n) is 6.90. The van der Waals surface area contributed by atoms with E-state index in [1.165, 1.54) is 11.6 Å². The lowest BCUT2D eigenvalue weighted by atomic mass is 10.2. The Balaban J connectivity index is 1.84. The number of hydrogen-bond donors (Lipinski definition) is 0. The minimum absolute atomic E-state index is 0.0891. The molecule has 0 fully saturated rings. The number of rotatable bonds is 4. The molecule has 156 valence electrons. The molecule has 30 heavy (non-hydrogen) atoms. The summed E-state index contributed by atoms with van der Waals surface area (Å²) in [7, 11) is 6.56. The van der Waals surface area contributed by atoms with Crippen molar-refractivity contribution in [2.45, 2.75) is 6.54 Å². The average Bonchev–Trinajstić information content (AvgIpc) is 3.32. The van der Waals surface area contributed by atoms with Gasteiger partial charge in [-0.1, -0.05) is 23.2 Å². The Morgan fingerprint density at radius 3 is 2.47 bits per heavy atom. The van der Waals surface area contributed by atoms with Crippen LogP contribution in [0.5, 0.6) is 0 Å². The Labute approximate surface area is 179 Å². The zero-order chi connectivity index (χ0) is 21.7. The summed E-state index contributed by atoms with van der Waals surface area (Å²) >= 11 is 12.0. The maximum atomic E-state index is 12.8. The zero-order valence-electron chi connectivity index (χ0n) is 16.6. The molecule has 4 aromatic rings. The molecule has 0 unspecified atom stereocenters. The third-order valence-electron chi connectivity index (χ3n) is 4.65. The van der Waals surface area contributed by atoms with Crippen molar-refractivity contribution >= 4 is 40.3 Å². The summed E-state index contributed by atoms with van der Waals surface area (Å²) in [6.07, 6.45) is 0. The van der Waals surface area contributed by atoms with E-state index in [2.05, 4.69) is 15.2 Å². The van der Waals surface area contributed by atoms with Crippen molar-refractivity contribution in [3.8, 4) is 11.5 Å². The number of fused-ring (bicyclic) bond motifs is 1. The number of aryl methyl sites for hydroxylation is 1. The van der Waals surface area contributed by atoms with Crippen molar-refractivity contribution < 1.29 is 4.42 Å². The van der Waals surface area contributed by atoms with Gasteiger partial charge in [0.1, 0.15) is 6.54 Å². The van der Waals surface area contributed by atoms with Crippen molar-refractivity contribution in [2.75, 3.05) is 19.0 Å². The van der Waals surface area contributed by atoms with E-state index >= 15 is 0 Å². The second-order valence-corrected chi connectivity index (χ2v) is 7.71. The highest BCUT2D eigenvalue weighted by Crippen LogP contribution is 2.28. The van der Waals surface area contributed by atoms with Crippen LogP contribution in [0.3, 0.4) is 0 Å². The first-order valence-corrected chi connectivity index (χ1v) is 9.56. The van der Waals surface area contributed by atoms with Crippen LogP contribution in [0.2, 0.25) is 10.0 Å². The first-order chi connectivity index (χ1) is 14.2. The van der Waals surface area contributed by atoms with Crippen LogP contribution in [0, 0.1) is 0 Å². The van der Waals surface area contributed by atoms with Gasteiger partial charge in [0.25, 0.3) is 5.56 Å². The van der Waals surface area contributed by atoms with Gasteiger partial charge >= 0.3 is 5.69 Å². The van der Waals surface area contributed by atoms with Crippen LogP contribution < -0.4 is 16.1 Å². The molecule has 1 aromatic carbocycles. The molecule has 0 aliphatic heterocycles. The lowest BCUT2D eigenvalue weighted by Crippen LogP contribution is -2.37. The molecule has 0 spiro atoms. The summed E-state index contributed by atoms with van der Waals surface area (Å²) in [5.41, 5.74) is 0.235. The molecule has 0 aliphatic carbocycles. The number of hydrogen-bond acceptors (Lipinski definition) is 7. The van der Waals surface area contributed by atoms with Crippen molar-refractivity contribution in [3.63, 3.8) is 0 Å². The first-order valence-electron chi connectivity index (χ1n) is 8.80. The van der Waals surface area contributed by atoms with Crippen LogP contribution in [-0.2, 0) is 20.6 Å². The van der Waals surface area contributed by atoms with Crippen LogP contribution in [-0.4, -0.2) is 43.0 Å². The zero-order valence-corrected chi connectivity index (χ0v) is 18.1. The molecular weight excluding hydrogens is 433 g/mol. The van der Waals surface area contributed by atoms with E-state index in [4.69, 9.17) is 27.6 Å². The van der Waals surface area contributed by atoms with Gasteiger partial charge < -0.3 is 9.32 Å². The van der Waals surface area contributed by atoms with Crippen LogP contribution in [0.25, 0.3) is 22.6 Å². The highest BCUT2D eigenvalue weighted by Gasteiger charge is 2.22. The minimum atomic E-state index is -0.460. The SMILES string of the molecule is CN(C)c1nc2c(c(=O)n(C)c(=O)n2C)n1Cc1nnc(-c2ccc(Cl)c(Cl)c2)o1. The molecule has 3 heterocycles. The van der Waals surface area contributed by atoms with Gasteiger partial charge in [-0.05, 0) is 18.2 Å². The van der Waals surface area contributed by atoms with E-state index in [-0.39, 0.29) is 29.5 Å². The molecule has 12 heteroatoms. The van der Waals surface area contributed by atoms with Crippen molar-refractivity contribution in [1.82, 2.24) is 28.9 Å². The number of benzene rings is 1.